The second-order valence-corrected chi connectivity index (χ2v) is 8.18. The van der Waals surface area contributed by atoms with Gasteiger partial charge in [0.1, 0.15) is 6.04 Å². The van der Waals surface area contributed by atoms with Crippen molar-refractivity contribution >= 4 is 33.6 Å². The SMILES string of the molecule is CCC(C)[C@H](NC(=O)N1CCC(c2nc3ccccc3s2)CC1)C(=O)OC. The van der Waals surface area contributed by atoms with Gasteiger partial charge in [-0.15, -0.1) is 11.3 Å². The first-order chi connectivity index (χ1) is 13.0. The van der Waals surface area contributed by atoms with Crippen molar-refractivity contribution in [1.82, 2.24) is 15.2 Å². The monoisotopic (exact) mass is 389 g/mol. The Balaban J connectivity index is 1.59. The summed E-state index contributed by atoms with van der Waals surface area (Å²) >= 11 is 1.75. The number of nitrogens with one attached hydrogen (secondary N) is 1. The number of hydrogen-bond acceptors (Lipinski definition) is 5. The molecule has 0 spiro atoms. The Morgan fingerprint density at radius 3 is 2.67 bits per heavy atom. The first-order valence-corrected chi connectivity index (χ1v) is 10.3. The van der Waals surface area contributed by atoms with Crippen molar-refractivity contribution < 1.29 is 14.3 Å². The van der Waals surface area contributed by atoms with Crippen LogP contribution in [0.2, 0.25) is 0 Å². The van der Waals surface area contributed by atoms with Crippen molar-refractivity contribution in [3.8, 4) is 0 Å². The summed E-state index contributed by atoms with van der Waals surface area (Å²) in [5.41, 5.74) is 1.05. The summed E-state index contributed by atoms with van der Waals surface area (Å²) in [6.07, 6.45) is 2.57. The number of para-hydroxylation sites is 1. The van der Waals surface area contributed by atoms with Crippen LogP contribution >= 0.6 is 11.3 Å². The number of nitrogens with zero attached hydrogens (tertiary/aromatic N) is 2. The van der Waals surface area contributed by atoms with Crippen LogP contribution in [0.3, 0.4) is 0 Å². The van der Waals surface area contributed by atoms with Gasteiger partial charge in [0.2, 0.25) is 0 Å². The number of piperidine rings is 1. The third-order valence-electron chi connectivity index (χ3n) is 5.39. The van der Waals surface area contributed by atoms with Crippen LogP contribution in [0.15, 0.2) is 24.3 Å². The van der Waals surface area contributed by atoms with Gasteiger partial charge in [-0.1, -0.05) is 32.4 Å². The molecule has 1 fully saturated rings. The second kappa shape index (κ2) is 8.69. The van der Waals surface area contributed by atoms with Gasteiger partial charge in [0, 0.05) is 19.0 Å². The molecule has 1 aromatic carbocycles. The Morgan fingerprint density at radius 1 is 1.33 bits per heavy atom. The number of urea groups is 1. The number of carbonyl (C=O) groups excluding carboxylic acids is 2. The van der Waals surface area contributed by atoms with Crippen molar-refractivity contribution in [2.24, 2.45) is 5.92 Å². The van der Waals surface area contributed by atoms with E-state index < -0.39 is 6.04 Å². The highest BCUT2D eigenvalue weighted by atomic mass is 32.1. The lowest BCUT2D eigenvalue weighted by molar-refractivity contribution is -0.144. The molecule has 27 heavy (non-hydrogen) atoms. The number of amides is 2. The molecule has 1 unspecified atom stereocenters. The highest BCUT2D eigenvalue weighted by Crippen LogP contribution is 2.33. The molecule has 3 rings (SSSR count). The third-order valence-corrected chi connectivity index (χ3v) is 6.59. The minimum absolute atomic E-state index is 0.0293. The van der Waals surface area contributed by atoms with E-state index in [0.29, 0.717) is 19.0 Å². The fourth-order valence-corrected chi connectivity index (χ4v) is 4.55. The number of esters is 1. The van der Waals surface area contributed by atoms with Gasteiger partial charge < -0.3 is 15.0 Å². The topological polar surface area (TPSA) is 71.5 Å². The highest BCUT2D eigenvalue weighted by molar-refractivity contribution is 7.18. The average Bonchev–Trinajstić information content (AvgIpc) is 3.15. The first kappa shape index (κ1) is 19.6. The molecular weight excluding hydrogens is 362 g/mol. The minimum atomic E-state index is -0.602. The number of hydrogen-bond donors (Lipinski definition) is 1. The van der Waals surface area contributed by atoms with Crippen LogP contribution in [0.5, 0.6) is 0 Å². The van der Waals surface area contributed by atoms with E-state index in [9.17, 15) is 9.59 Å². The summed E-state index contributed by atoms with van der Waals surface area (Å²) in [4.78, 5) is 31.2. The van der Waals surface area contributed by atoms with Gasteiger partial charge in [0.05, 0.1) is 22.3 Å². The summed E-state index contributed by atoms with van der Waals surface area (Å²) < 4.78 is 6.06. The Labute approximate surface area is 163 Å². The predicted octanol–water partition coefficient (Wildman–Crippen LogP) is 3.77. The van der Waals surface area contributed by atoms with Crippen LogP contribution in [0.1, 0.15) is 44.0 Å². The predicted molar refractivity (Wildman–Crippen MR) is 107 cm³/mol. The maximum absolute atomic E-state index is 12.6. The van der Waals surface area contributed by atoms with Gasteiger partial charge in [-0.05, 0) is 30.9 Å². The molecule has 2 aromatic rings. The number of likely N-dealkylation sites (tertiary alicyclic amines) is 1. The number of fused-ring (bicyclic) bond motifs is 1. The molecule has 2 atom stereocenters. The van der Waals surface area contributed by atoms with E-state index in [-0.39, 0.29) is 17.9 Å². The molecule has 0 bridgehead atoms. The summed E-state index contributed by atoms with van der Waals surface area (Å²) in [7, 11) is 1.35. The van der Waals surface area contributed by atoms with Gasteiger partial charge in [-0.3, -0.25) is 0 Å². The van der Waals surface area contributed by atoms with Gasteiger partial charge in [-0.25, -0.2) is 14.6 Å². The number of methoxy groups -OCH3 is 1. The van der Waals surface area contributed by atoms with Crippen LogP contribution < -0.4 is 5.32 Å². The van der Waals surface area contributed by atoms with Crippen molar-refractivity contribution in [3.63, 3.8) is 0 Å². The molecule has 0 saturated carbocycles. The maximum atomic E-state index is 12.6. The van der Waals surface area contributed by atoms with Crippen molar-refractivity contribution in [3.05, 3.63) is 29.3 Å². The lowest BCUT2D eigenvalue weighted by Gasteiger charge is -2.33. The minimum Gasteiger partial charge on any atom is -0.467 e. The zero-order valence-corrected chi connectivity index (χ0v) is 16.9. The van der Waals surface area contributed by atoms with Crippen molar-refractivity contribution in [2.75, 3.05) is 20.2 Å². The zero-order chi connectivity index (χ0) is 19.4. The number of rotatable bonds is 5. The van der Waals surface area contributed by atoms with Gasteiger partial charge >= 0.3 is 12.0 Å². The van der Waals surface area contributed by atoms with Crippen LogP contribution in [0, 0.1) is 5.92 Å². The smallest absolute Gasteiger partial charge is 0.328 e. The summed E-state index contributed by atoms with van der Waals surface area (Å²) in [5.74, 6) is 0.0289. The highest BCUT2D eigenvalue weighted by Gasteiger charge is 2.31. The van der Waals surface area contributed by atoms with Crippen LogP contribution in [-0.2, 0) is 9.53 Å². The summed E-state index contributed by atoms with van der Waals surface area (Å²) in [5, 5.41) is 4.02. The quantitative estimate of drug-likeness (QED) is 0.790. The van der Waals surface area contributed by atoms with Crippen LogP contribution in [-0.4, -0.2) is 48.1 Å². The van der Waals surface area contributed by atoms with Crippen LogP contribution in [0.25, 0.3) is 10.2 Å². The summed E-state index contributed by atoms with van der Waals surface area (Å²) in [6, 6.07) is 7.39. The fraction of sp³-hybridized carbons (Fsp3) is 0.550. The van der Waals surface area contributed by atoms with Crippen molar-refractivity contribution in [2.45, 2.75) is 45.1 Å². The van der Waals surface area contributed by atoms with E-state index >= 15 is 0 Å². The zero-order valence-electron chi connectivity index (χ0n) is 16.1. The van der Waals surface area contributed by atoms with E-state index in [4.69, 9.17) is 9.72 Å². The lowest BCUT2D eigenvalue weighted by Crippen LogP contribution is -2.52. The number of benzene rings is 1. The lowest BCUT2D eigenvalue weighted by atomic mass is 9.97. The molecule has 1 N–H and O–H groups in total. The molecular formula is C20H27N3O3S. The molecule has 7 heteroatoms. The molecule has 6 nitrogen and oxygen atoms in total. The molecule has 2 heterocycles. The molecule has 2 amide bonds. The van der Waals surface area contributed by atoms with Gasteiger partial charge in [0.25, 0.3) is 0 Å². The molecule has 146 valence electrons. The fourth-order valence-electron chi connectivity index (χ4n) is 3.41. The molecule has 1 aromatic heterocycles. The van der Waals surface area contributed by atoms with E-state index in [1.54, 1.807) is 16.2 Å². The largest absolute Gasteiger partial charge is 0.467 e. The van der Waals surface area contributed by atoms with E-state index in [1.165, 1.54) is 11.8 Å². The molecule has 1 aliphatic rings. The Hall–Kier alpha value is -2.15. The molecule has 1 saturated heterocycles. The number of aromatic nitrogens is 1. The van der Waals surface area contributed by atoms with Crippen molar-refractivity contribution in [1.29, 1.82) is 0 Å². The molecule has 0 radical (unpaired) electrons. The van der Waals surface area contributed by atoms with E-state index in [0.717, 1.165) is 29.8 Å². The summed E-state index contributed by atoms with van der Waals surface area (Å²) in [6.45, 7) is 5.28. The number of ether oxygens (including phenoxy) is 1. The van der Waals surface area contributed by atoms with Crippen LogP contribution in [0.4, 0.5) is 4.79 Å². The molecule has 1 aliphatic heterocycles. The van der Waals surface area contributed by atoms with Gasteiger partial charge in [0.15, 0.2) is 0 Å². The van der Waals surface area contributed by atoms with E-state index in [2.05, 4.69) is 11.4 Å². The number of carbonyl (C=O) groups is 2. The molecule has 0 aliphatic carbocycles. The number of thiazole rings is 1. The van der Waals surface area contributed by atoms with Gasteiger partial charge in [-0.2, -0.15) is 0 Å². The maximum Gasteiger partial charge on any atom is 0.328 e. The Bertz CT molecular complexity index is 766. The third kappa shape index (κ3) is 4.40. The second-order valence-electron chi connectivity index (χ2n) is 7.12. The standard InChI is InChI=1S/C20H27N3O3S/c1-4-13(2)17(19(24)26-3)22-20(25)23-11-9-14(10-12-23)18-21-15-7-5-6-8-16(15)27-18/h5-8,13-14,17H,4,9-12H2,1-3H3,(H,22,25)/t13?,17-/m0/s1. The first-order valence-electron chi connectivity index (χ1n) is 9.52. The average molecular weight is 390 g/mol. The van der Waals surface area contributed by atoms with E-state index in [1.807, 2.05) is 32.0 Å². The Morgan fingerprint density at radius 2 is 2.04 bits per heavy atom. The Kier molecular flexibility index (Phi) is 6.31. The normalized spacial score (nSPS) is 17.5.